The van der Waals surface area contributed by atoms with Gasteiger partial charge in [-0.3, -0.25) is 9.67 Å². The van der Waals surface area contributed by atoms with Crippen molar-refractivity contribution in [3.63, 3.8) is 0 Å². The first-order chi connectivity index (χ1) is 7.59. The van der Waals surface area contributed by atoms with Crippen LogP contribution in [0, 0.1) is 6.92 Å². The van der Waals surface area contributed by atoms with Crippen molar-refractivity contribution >= 4 is 5.97 Å². The van der Waals surface area contributed by atoms with Gasteiger partial charge < -0.3 is 5.11 Å². The van der Waals surface area contributed by atoms with Crippen molar-refractivity contribution in [2.75, 3.05) is 0 Å². The van der Waals surface area contributed by atoms with E-state index in [1.54, 1.807) is 19.3 Å². The van der Waals surface area contributed by atoms with E-state index in [2.05, 4.69) is 10.1 Å². The number of carboxylic acids is 1. The highest BCUT2D eigenvalue weighted by Crippen LogP contribution is 2.20. The number of pyridine rings is 1. The van der Waals surface area contributed by atoms with Gasteiger partial charge in [-0.1, -0.05) is 6.07 Å². The highest BCUT2D eigenvalue weighted by molar-refractivity contribution is 5.94. The highest BCUT2D eigenvalue weighted by atomic mass is 16.4. The maximum absolute atomic E-state index is 11.0. The molecule has 0 saturated carbocycles. The van der Waals surface area contributed by atoms with Crippen molar-refractivity contribution in [2.45, 2.75) is 6.92 Å². The fourth-order valence-corrected chi connectivity index (χ4v) is 1.51. The van der Waals surface area contributed by atoms with Crippen LogP contribution in [-0.4, -0.2) is 25.8 Å². The molecular weight excluding hydrogens is 206 g/mol. The Bertz CT molecular complexity index is 529. The van der Waals surface area contributed by atoms with Crippen LogP contribution in [0.3, 0.4) is 0 Å². The van der Waals surface area contributed by atoms with Crippen LogP contribution in [0.25, 0.3) is 11.4 Å². The Balaban J connectivity index is 2.58. The quantitative estimate of drug-likeness (QED) is 0.827. The molecule has 82 valence electrons. The first-order valence-electron chi connectivity index (χ1n) is 4.78. The summed E-state index contributed by atoms with van der Waals surface area (Å²) in [5, 5.41) is 12.9. The number of rotatable bonds is 2. The molecule has 0 bridgehead atoms. The molecule has 0 amide bonds. The zero-order valence-corrected chi connectivity index (χ0v) is 9.01. The van der Waals surface area contributed by atoms with Crippen LogP contribution < -0.4 is 0 Å². The molecule has 0 aliphatic carbocycles. The number of hydrogen-bond acceptors (Lipinski definition) is 3. The lowest BCUT2D eigenvalue weighted by Gasteiger charge is -2.03. The Labute approximate surface area is 92.4 Å². The summed E-state index contributed by atoms with van der Waals surface area (Å²) in [4.78, 5) is 15.2. The molecule has 0 aliphatic rings. The minimum Gasteiger partial charge on any atom is -0.478 e. The Morgan fingerprint density at radius 3 is 2.69 bits per heavy atom. The fourth-order valence-electron chi connectivity index (χ4n) is 1.51. The second-order valence-corrected chi connectivity index (χ2v) is 3.56. The lowest BCUT2D eigenvalue weighted by atomic mass is 10.1. The topological polar surface area (TPSA) is 68.0 Å². The monoisotopic (exact) mass is 217 g/mol. The number of nitrogens with zero attached hydrogens (tertiary/aromatic N) is 3. The first-order valence-corrected chi connectivity index (χ1v) is 4.78. The molecule has 0 saturated heterocycles. The van der Waals surface area contributed by atoms with Crippen molar-refractivity contribution in [2.24, 2.45) is 7.05 Å². The molecule has 2 aromatic heterocycles. The van der Waals surface area contributed by atoms with E-state index in [4.69, 9.17) is 5.11 Å². The second kappa shape index (κ2) is 3.77. The predicted molar refractivity (Wildman–Crippen MR) is 58.1 cm³/mol. The average molecular weight is 217 g/mol. The largest absolute Gasteiger partial charge is 0.478 e. The summed E-state index contributed by atoms with van der Waals surface area (Å²) < 4.78 is 1.52. The van der Waals surface area contributed by atoms with E-state index >= 15 is 0 Å². The molecule has 16 heavy (non-hydrogen) atoms. The maximum Gasteiger partial charge on any atom is 0.339 e. The van der Waals surface area contributed by atoms with Gasteiger partial charge in [0.1, 0.15) is 11.3 Å². The summed E-state index contributed by atoms with van der Waals surface area (Å²) in [6.45, 7) is 1.93. The third kappa shape index (κ3) is 1.67. The summed E-state index contributed by atoms with van der Waals surface area (Å²) in [5.41, 5.74) is 2.33. The molecule has 0 atom stereocenters. The highest BCUT2D eigenvalue weighted by Gasteiger charge is 2.17. The third-order valence-corrected chi connectivity index (χ3v) is 2.32. The molecule has 1 N–H and O–H groups in total. The van der Waals surface area contributed by atoms with Gasteiger partial charge in [0.25, 0.3) is 0 Å². The zero-order chi connectivity index (χ0) is 11.7. The van der Waals surface area contributed by atoms with Crippen LogP contribution in [0.4, 0.5) is 0 Å². The summed E-state index contributed by atoms with van der Waals surface area (Å²) in [6, 6.07) is 3.68. The van der Waals surface area contributed by atoms with Crippen molar-refractivity contribution < 1.29 is 9.90 Å². The van der Waals surface area contributed by atoms with Crippen molar-refractivity contribution in [1.82, 2.24) is 14.8 Å². The minimum absolute atomic E-state index is 0.166. The Hall–Kier alpha value is -2.17. The van der Waals surface area contributed by atoms with Crippen LogP contribution in [-0.2, 0) is 7.05 Å². The lowest BCUT2D eigenvalue weighted by Crippen LogP contribution is -2.01. The van der Waals surface area contributed by atoms with Gasteiger partial charge in [-0.15, -0.1) is 0 Å². The van der Waals surface area contributed by atoms with Crippen molar-refractivity contribution in [3.8, 4) is 11.4 Å². The molecule has 5 heteroatoms. The molecule has 0 fully saturated rings. The van der Waals surface area contributed by atoms with Gasteiger partial charge in [-0.2, -0.15) is 5.10 Å². The van der Waals surface area contributed by atoms with Crippen LogP contribution >= 0.6 is 0 Å². The van der Waals surface area contributed by atoms with E-state index in [9.17, 15) is 4.79 Å². The van der Waals surface area contributed by atoms with Gasteiger partial charge in [0.05, 0.1) is 11.9 Å². The molecule has 0 aliphatic heterocycles. The number of aryl methyl sites for hydroxylation is 2. The van der Waals surface area contributed by atoms with E-state index in [0.29, 0.717) is 11.4 Å². The lowest BCUT2D eigenvalue weighted by molar-refractivity contribution is 0.0697. The SMILES string of the molecule is Cc1ccc(-c2c(C(=O)O)cnn2C)nc1. The Morgan fingerprint density at radius 1 is 1.38 bits per heavy atom. The second-order valence-electron chi connectivity index (χ2n) is 3.56. The van der Waals surface area contributed by atoms with Gasteiger partial charge >= 0.3 is 5.97 Å². The van der Waals surface area contributed by atoms with E-state index < -0.39 is 5.97 Å². The standard InChI is InChI=1S/C11H11N3O2/c1-7-3-4-9(12-5-7)10-8(11(15)16)6-13-14(10)2/h3-6H,1-2H3,(H,15,16). The molecule has 2 heterocycles. The predicted octanol–water partition coefficient (Wildman–Crippen LogP) is 1.49. The molecule has 0 aromatic carbocycles. The maximum atomic E-state index is 11.0. The van der Waals surface area contributed by atoms with Crippen LogP contribution in [0.5, 0.6) is 0 Å². The van der Waals surface area contributed by atoms with Gasteiger partial charge in [-0.25, -0.2) is 4.79 Å². The number of aromatic nitrogens is 3. The van der Waals surface area contributed by atoms with Crippen LogP contribution in [0.15, 0.2) is 24.5 Å². The summed E-state index contributed by atoms with van der Waals surface area (Å²) >= 11 is 0. The Kier molecular flexibility index (Phi) is 2.44. The number of carbonyl (C=O) groups is 1. The van der Waals surface area contributed by atoms with Gasteiger partial charge in [0.2, 0.25) is 0 Å². The van der Waals surface area contributed by atoms with E-state index in [-0.39, 0.29) is 5.56 Å². The van der Waals surface area contributed by atoms with Crippen molar-refractivity contribution in [3.05, 3.63) is 35.7 Å². The summed E-state index contributed by atoms with van der Waals surface area (Å²) in [7, 11) is 1.70. The van der Waals surface area contributed by atoms with E-state index in [1.807, 2.05) is 13.0 Å². The molecule has 2 rings (SSSR count). The average Bonchev–Trinajstić information content (AvgIpc) is 2.62. The van der Waals surface area contributed by atoms with Gasteiger partial charge in [0, 0.05) is 13.2 Å². The molecule has 0 unspecified atom stereocenters. The van der Waals surface area contributed by atoms with Crippen molar-refractivity contribution in [1.29, 1.82) is 0 Å². The molecular formula is C11H11N3O2. The third-order valence-electron chi connectivity index (χ3n) is 2.32. The number of aromatic carboxylic acids is 1. The van der Waals surface area contributed by atoms with E-state index in [0.717, 1.165) is 5.56 Å². The molecule has 5 nitrogen and oxygen atoms in total. The first kappa shape index (κ1) is 10.4. The van der Waals surface area contributed by atoms with Crippen LogP contribution in [0.2, 0.25) is 0 Å². The molecule has 0 spiro atoms. The normalized spacial score (nSPS) is 10.4. The van der Waals surface area contributed by atoms with Gasteiger partial charge in [-0.05, 0) is 18.6 Å². The minimum atomic E-state index is -0.995. The molecule has 0 radical (unpaired) electrons. The Morgan fingerprint density at radius 2 is 2.12 bits per heavy atom. The van der Waals surface area contributed by atoms with E-state index in [1.165, 1.54) is 10.9 Å². The molecule has 2 aromatic rings. The smallest absolute Gasteiger partial charge is 0.339 e. The summed E-state index contributed by atoms with van der Waals surface area (Å²) in [5.74, 6) is -0.995. The summed E-state index contributed by atoms with van der Waals surface area (Å²) in [6.07, 6.45) is 3.03. The number of hydrogen-bond donors (Lipinski definition) is 1. The fraction of sp³-hybridized carbons (Fsp3) is 0.182. The number of carboxylic acid groups (broad SMARTS) is 1. The zero-order valence-electron chi connectivity index (χ0n) is 9.01. The van der Waals surface area contributed by atoms with Gasteiger partial charge in [0.15, 0.2) is 0 Å². The van der Waals surface area contributed by atoms with Crippen LogP contribution in [0.1, 0.15) is 15.9 Å².